The van der Waals surface area contributed by atoms with Crippen LogP contribution in [0.4, 0.5) is 4.39 Å². The van der Waals surface area contributed by atoms with Gasteiger partial charge < -0.3 is 15.4 Å². The van der Waals surface area contributed by atoms with E-state index in [9.17, 15) is 9.50 Å². The van der Waals surface area contributed by atoms with Gasteiger partial charge in [0.2, 0.25) is 0 Å². The summed E-state index contributed by atoms with van der Waals surface area (Å²) >= 11 is 6.07. The first-order valence-electron chi connectivity index (χ1n) is 5.22. The fourth-order valence-corrected chi connectivity index (χ4v) is 1.98. The molecule has 3 N–H and O–H groups in total. The van der Waals surface area contributed by atoms with E-state index in [1.807, 2.05) is 0 Å². The lowest BCUT2D eigenvalue weighted by Crippen LogP contribution is -1.89. The molecule has 6 heteroatoms. The highest BCUT2D eigenvalue weighted by molar-refractivity contribution is 6.36. The van der Waals surface area contributed by atoms with E-state index in [0.717, 1.165) is 12.3 Å². The van der Waals surface area contributed by atoms with Crippen LogP contribution in [0.3, 0.4) is 0 Å². The van der Waals surface area contributed by atoms with Crippen LogP contribution in [0.25, 0.3) is 11.1 Å². The van der Waals surface area contributed by atoms with Crippen molar-refractivity contribution < 1.29 is 19.8 Å². The van der Waals surface area contributed by atoms with Gasteiger partial charge in [-0.3, -0.25) is 0 Å². The molecule has 0 aliphatic rings. The van der Waals surface area contributed by atoms with Crippen molar-refractivity contribution in [3.8, 4) is 22.6 Å². The number of halogens is 2. The van der Waals surface area contributed by atoms with Gasteiger partial charge in [-0.05, 0) is 29.8 Å². The van der Waals surface area contributed by atoms with Crippen LogP contribution in [0.5, 0.6) is 11.5 Å². The van der Waals surface area contributed by atoms with Crippen molar-refractivity contribution in [1.29, 1.82) is 0 Å². The lowest BCUT2D eigenvalue weighted by Gasteiger charge is -2.09. The van der Waals surface area contributed by atoms with Crippen LogP contribution in [0.1, 0.15) is 5.56 Å². The first-order chi connectivity index (χ1) is 9.04. The Kier molecular flexibility index (Phi) is 3.57. The quantitative estimate of drug-likeness (QED) is 0.449. The predicted octanol–water partition coefficient (Wildman–Crippen LogP) is 3.37. The largest absolute Gasteiger partial charge is 0.507 e. The molecular formula is C13H9ClFNO3. The van der Waals surface area contributed by atoms with Crippen LogP contribution in [-0.2, 0) is 0 Å². The highest BCUT2D eigenvalue weighted by Gasteiger charge is 2.13. The van der Waals surface area contributed by atoms with Crippen molar-refractivity contribution in [2.45, 2.75) is 0 Å². The maximum Gasteiger partial charge on any atom is 0.165 e. The normalized spacial score (nSPS) is 11.1. The van der Waals surface area contributed by atoms with Crippen LogP contribution in [-0.4, -0.2) is 21.6 Å². The summed E-state index contributed by atoms with van der Waals surface area (Å²) in [6.07, 6.45) is 0.984. The molecule has 4 nitrogen and oxygen atoms in total. The standard InChI is InChI=1S/C13H9ClFNO3/c14-13-8(2-4-11(17)9(13)6-16-19)7-1-3-12(18)10(15)5-7/h1-6,17-19H/b16-6+. The van der Waals surface area contributed by atoms with Crippen LogP contribution in [0.15, 0.2) is 35.5 Å². The molecule has 0 atom stereocenters. The number of hydrogen-bond donors (Lipinski definition) is 3. The molecule has 0 spiro atoms. The van der Waals surface area contributed by atoms with E-state index in [-0.39, 0.29) is 16.3 Å². The molecular weight excluding hydrogens is 273 g/mol. The van der Waals surface area contributed by atoms with Gasteiger partial charge in [0.25, 0.3) is 0 Å². The topological polar surface area (TPSA) is 73.1 Å². The number of benzene rings is 2. The molecule has 0 heterocycles. The number of rotatable bonds is 2. The van der Waals surface area contributed by atoms with Gasteiger partial charge in [-0.1, -0.05) is 22.8 Å². The minimum atomic E-state index is -0.779. The summed E-state index contributed by atoms with van der Waals surface area (Å²) in [6, 6.07) is 6.65. The summed E-state index contributed by atoms with van der Waals surface area (Å²) in [5.74, 6) is -1.40. The zero-order valence-electron chi connectivity index (χ0n) is 9.51. The second kappa shape index (κ2) is 5.16. The molecule has 0 bridgehead atoms. The molecule has 19 heavy (non-hydrogen) atoms. The third-order valence-corrected chi connectivity index (χ3v) is 3.01. The number of oxime groups is 1. The van der Waals surface area contributed by atoms with E-state index in [2.05, 4.69) is 5.16 Å². The SMILES string of the molecule is O/N=C/c1c(O)ccc(-c2ccc(O)c(F)c2)c1Cl. The molecule has 0 aliphatic heterocycles. The van der Waals surface area contributed by atoms with Crippen molar-refractivity contribution in [2.75, 3.05) is 0 Å². The van der Waals surface area contributed by atoms with Gasteiger partial charge in [0.15, 0.2) is 11.6 Å². The van der Waals surface area contributed by atoms with Crippen molar-refractivity contribution >= 4 is 17.8 Å². The summed E-state index contributed by atoms with van der Waals surface area (Å²) < 4.78 is 13.3. The Hall–Kier alpha value is -2.27. The Morgan fingerprint density at radius 2 is 1.79 bits per heavy atom. The minimum absolute atomic E-state index is 0.114. The Morgan fingerprint density at radius 3 is 2.42 bits per heavy atom. The second-order valence-corrected chi connectivity index (χ2v) is 4.15. The van der Waals surface area contributed by atoms with Crippen LogP contribution >= 0.6 is 11.6 Å². The first kappa shape index (κ1) is 13.2. The lowest BCUT2D eigenvalue weighted by molar-refractivity contribution is 0.321. The molecule has 0 radical (unpaired) electrons. The molecule has 0 amide bonds. The fourth-order valence-electron chi connectivity index (χ4n) is 1.66. The van der Waals surface area contributed by atoms with E-state index in [0.29, 0.717) is 11.1 Å². The smallest absolute Gasteiger partial charge is 0.165 e. The number of nitrogens with zero attached hydrogens (tertiary/aromatic N) is 1. The average Bonchev–Trinajstić information content (AvgIpc) is 2.38. The molecule has 0 saturated heterocycles. The molecule has 0 saturated carbocycles. The van der Waals surface area contributed by atoms with Gasteiger partial charge in [-0.2, -0.15) is 0 Å². The molecule has 0 unspecified atom stereocenters. The Balaban J connectivity index is 2.62. The number of aromatic hydroxyl groups is 2. The van der Waals surface area contributed by atoms with E-state index in [4.69, 9.17) is 21.9 Å². The minimum Gasteiger partial charge on any atom is -0.507 e. The fraction of sp³-hybridized carbons (Fsp3) is 0. The third kappa shape index (κ3) is 2.46. The zero-order valence-corrected chi connectivity index (χ0v) is 10.3. The van der Waals surface area contributed by atoms with E-state index < -0.39 is 11.6 Å². The second-order valence-electron chi connectivity index (χ2n) is 3.77. The molecule has 2 aromatic rings. The summed E-state index contributed by atoms with van der Waals surface area (Å²) in [6.45, 7) is 0. The monoisotopic (exact) mass is 281 g/mol. The van der Waals surface area contributed by atoms with Gasteiger partial charge >= 0.3 is 0 Å². The molecule has 0 aromatic heterocycles. The highest BCUT2D eigenvalue weighted by atomic mass is 35.5. The van der Waals surface area contributed by atoms with E-state index in [1.165, 1.54) is 24.3 Å². The van der Waals surface area contributed by atoms with Crippen molar-refractivity contribution in [3.63, 3.8) is 0 Å². The van der Waals surface area contributed by atoms with Gasteiger partial charge in [-0.25, -0.2) is 4.39 Å². The molecule has 0 aliphatic carbocycles. The average molecular weight is 282 g/mol. The van der Waals surface area contributed by atoms with Gasteiger partial charge in [0.1, 0.15) is 5.75 Å². The number of phenolic OH excluding ortho intramolecular Hbond substituents is 2. The number of phenols is 2. The maximum atomic E-state index is 13.3. The van der Waals surface area contributed by atoms with Crippen molar-refractivity contribution in [2.24, 2.45) is 5.16 Å². The Bertz CT molecular complexity index is 659. The van der Waals surface area contributed by atoms with Crippen LogP contribution in [0, 0.1) is 5.82 Å². The van der Waals surface area contributed by atoms with Crippen molar-refractivity contribution in [3.05, 3.63) is 46.7 Å². The van der Waals surface area contributed by atoms with E-state index in [1.54, 1.807) is 0 Å². The predicted molar refractivity (Wildman–Crippen MR) is 69.6 cm³/mol. The summed E-state index contributed by atoms with van der Waals surface area (Å²) in [5.41, 5.74) is 0.983. The van der Waals surface area contributed by atoms with Crippen LogP contribution in [0.2, 0.25) is 5.02 Å². The van der Waals surface area contributed by atoms with Crippen molar-refractivity contribution in [1.82, 2.24) is 0 Å². The van der Waals surface area contributed by atoms with Gasteiger partial charge in [0, 0.05) is 5.56 Å². The molecule has 2 aromatic carbocycles. The summed E-state index contributed by atoms with van der Waals surface area (Å²) in [5, 5.41) is 30.2. The van der Waals surface area contributed by atoms with Gasteiger partial charge in [0.05, 0.1) is 16.8 Å². The summed E-state index contributed by atoms with van der Waals surface area (Å²) in [4.78, 5) is 0. The van der Waals surface area contributed by atoms with E-state index >= 15 is 0 Å². The van der Waals surface area contributed by atoms with Crippen LogP contribution < -0.4 is 0 Å². The van der Waals surface area contributed by atoms with Gasteiger partial charge in [-0.15, -0.1) is 0 Å². The third-order valence-electron chi connectivity index (χ3n) is 2.60. The molecule has 2 rings (SSSR count). The highest BCUT2D eigenvalue weighted by Crippen LogP contribution is 2.35. The first-order valence-corrected chi connectivity index (χ1v) is 5.60. The zero-order chi connectivity index (χ0) is 14.0. The molecule has 98 valence electrons. The lowest BCUT2D eigenvalue weighted by atomic mass is 10.0. The number of hydrogen-bond acceptors (Lipinski definition) is 4. The Labute approximate surface area is 113 Å². The maximum absolute atomic E-state index is 13.3. The molecule has 0 fully saturated rings. The summed E-state index contributed by atoms with van der Waals surface area (Å²) in [7, 11) is 0. The Morgan fingerprint density at radius 1 is 1.11 bits per heavy atom.